The van der Waals surface area contributed by atoms with Gasteiger partial charge in [0.2, 0.25) is 0 Å². The third kappa shape index (κ3) is 3.70. The van der Waals surface area contributed by atoms with Crippen LogP contribution >= 0.6 is 0 Å². The number of nitrogens with zero attached hydrogens (tertiary/aromatic N) is 2. The van der Waals surface area contributed by atoms with Crippen molar-refractivity contribution in [3.8, 4) is 16.9 Å². The highest BCUT2D eigenvalue weighted by atomic mass is 32.2. The number of benzene rings is 3. The minimum Gasteiger partial charge on any atom is -0.493 e. The number of fused-ring (bicyclic) bond motifs is 2. The number of aromatic amines is 1. The number of anilines is 2. The Morgan fingerprint density at radius 1 is 1.17 bits per heavy atom. The second-order valence-corrected chi connectivity index (χ2v) is 8.50. The second-order valence-electron chi connectivity index (χ2n) is 7.67. The first-order chi connectivity index (χ1) is 16.8. The molecule has 0 aliphatic carbocycles. The highest BCUT2D eigenvalue weighted by Gasteiger charge is 2.28. The molecule has 0 radical (unpaired) electrons. The van der Waals surface area contributed by atoms with Crippen LogP contribution in [0.3, 0.4) is 0 Å². The number of hydrogen-bond donors (Lipinski definition) is 3. The van der Waals surface area contributed by atoms with Gasteiger partial charge in [-0.15, -0.1) is 0 Å². The van der Waals surface area contributed by atoms with E-state index in [1.165, 1.54) is 25.2 Å². The highest BCUT2D eigenvalue weighted by molar-refractivity contribution is 7.81. The summed E-state index contributed by atoms with van der Waals surface area (Å²) in [4.78, 5) is 12.0. The molecule has 1 amide bonds. The summed E-state index contributed by atoms with van der Waals surface area (Å²) in [6, 6.07) is 8.99. The van der Waals surface area contributed by atoms with Crippen LogP contribution in [0.2, 0.25) is 0 Å². The number of rotatable bonds is 5. The van der Waals surface area contributed by atoms with Crippen molar-refractivity contribution >= 4 is 39.5 Å². The Kier molecular flexibility index (Phi) is 5.69. The maximum absolute atomic E-state index is 15.7. The molecular formula is C23H17F3N4O4S. The molecule has 3 N–H and O–H groups in total. The molecule has 180 valence electrons. The number of carbonyl (C=O) groups is 1. The van der Waals surface area contributed by atoms with Gasteiger partial charge in [-0.25, -0.2) is 21.7 Å². The lowest BCUT2D eigenvalue weighted by molar-refractivity contribution is 0.0959. The number of nitrogens with one attached hydrogen (secondary N) is 2. The van der Waals surface area contributed by atoms with E-state index in [-0.39, 0.29) is 22.3 Å². The van der Waals surface area contributed by atoms with E-state index in [0.717, 1.165) is 28.1 Å². The van der Waals surface area contributed by atoms with Crippen molar-refractivity contribution in [2.24, 2.45) is 0 Å². The number of carbonyl (C=O) groups excluding carboxylic acids is 1. The average molecular weight is 502 g/mol. The molecular weight excluding hydrogens is 485 g/mol. The minimum absolute atomic E-state index is 0.0108. The van der Waals surface area contributed by atoms with Crippen molar-refractivity contribution in [1.82, 2.24) is 15.5 Å². The predicted octanol–water partition coefficient (Wildman–Crippen LogP) is 4.22. The van der Waals surface area contributed by atoms with Gasteiger partial charge in [0, 0.05) is 30.5 Å². The van der Waals surface area contributed by atoms with Crippen molar-refractivity contribution < 1.29 is 31.5 Å². The number of ether oxygens (including phenoxy) is 1. The normalized spacial score (nSPS) is 13.4. The molecule has 2 heterocycles. The topological polar surface area (TPSA) is 108 Å². The van der Waals surface area contributed by atoms with E-state index in [1.807, 2.05) is 0 Å². The fourth-order valence-electron chi connectivity index (χ4n) is 4.08. The molecule has 3 aromatic carbocycles. The largest absolute Gasteiger partial charge is 0.493 e. The lowest BCUT2D eigenvalue weighted by Crippen LogP contribution is -2.21. The zero-order valence-corrected chi connectivity index (χ0v) is 18.9. The van der Waals surface area contributed by atoms with Crippen LogP contribution in [0, 0.1) is 17.5 Å². The molecule has 0 fully saturated rings. The van der Waals surface area contributed by atoms with Gasteiger partial charge in [-0.3, -0.25) is 14.4 Å². The van der Waals surface area contributed by atoms with Crippen molar-refractivity contribution in [2.45, 2.75) is 6.42 Å². The van der Waals surface area contributed by atoms with Crippen molar-refractivity contribution in [3.63, 3.8) is 0 Å². The van der Waals surface area contributed by atoms with Crippen molar-refractivity contribution in [1.29, 1.82) is 0 Å². The first kappa shape index (κ1) is 22.9. The van der Waals surface area contributed by atoms with E-state index in [1.54, 1.807) is 6.07 Å². The van der Waals surface area contributed by atoms with Crippen molar-refractivity contribution in [2.75, 3.05) is 18.0 Å². The minimum atomic E-state index is -2.75. The summed E-state index contributed by atoms with van der Waals surface area (Å²) in [5.74, 6) is -3.46. The molecule has 1 unspecified atom stereocenters. The summed E-state index contributed by atoms with van der Waals surface area (Å²) in [6.45, 7) is 0.451. The molecule has 1 aliphatic heterocycles. The number of amides is 1. The fourth-order valence-corrected chi connectivity index (χ4v) is 4.68. The van der Waals surface area contributed by atoms with Crippen LogP contribution in [-0.4, -0.2) is 38.5 Å². The van der Waals surface area contributed by atoms with Gasteiger partial charge in [-0.2, -0.15) is 5.10 Å². The van der Waals surface area contributed by atoms with Crippen LogP contribution in [0.5, 0.6) is 5.75 Å². The number of hydrogen-bond acceptors (Lipinski definition) is 4. The average Bonchev–Trinajstić information content (AvgIpc) is 3.48. The lowest BCUT2D eigenvalue weighted by Gasteiger charge is -2.22. The maximum Gasteiger partial charge on any atom is 0.269 e. The quantitative estimate of drug-likeness (QED) is 0.355. The van der Waals surface area contributed by atoms with Crippen LogP contribution in [-0.2, 0) is 17.7 Å². The van der Waals surface area contributed by atoms with Gasteiger partial charge in [0.05, 0.1) is 23.5 Å². The number of halogens is 3. The molecule has 1 aromatic heterocycles. The van der Waals surface area contributed by atoms with E-state index in [0.29, 0.717) is 18.8 Å². The summed E-state index contributed by atoms with van der Waals surface area (Å²) < 4.78 is 74.4. The molecule has 1 atom stereocenters. The van der Waals surface area contributed by atoms with Crippen LogP contribution in [0.1, 0.15) is 16.1 Å². The first-order valence-electron chi connectivity index (χ1n) is 10.4. The van der Waals surface area contributed by atoms with Gasteiger partial charge in [0.15, 0.2) is 11.6 Å². The SMILES string of the molecule is CNC(=O)c1[nH]nc2c(F)c(-c3c(F)ccc(N(c4ccc5c(c4)OCC5)S(=O)O)c3F)ccc12. The molecule has 4 aromatic rings. The zero-order valence-electron chi connectivity index (χ0n) is 18.1. The Labute approximate surface area is 199 Å². The molecule has 35 heavy (non-hydrogen) atoms. The predicted molar refractivity (Wildman–Crippen MR) is 123 cm³/mol. The standard InChI is InChI=1S/C23H17F3N4O4S/c1-27-23(31)22-14-5-4-13(19(25)21(14)28-29-22)18-15(24)6-7-16(20(18)26)30(35(32)33)12-3-2-11-8-9-34-17(11)10-12/h2-7,10H,8-9H2,1H3,(H,27,31)(H,28,29)(H,32,33). The summed E-state index contributed by atoms with van der Waals surface area (Å²) >= 11 is -2.75. The molecule has 0 saturated heterocycles. The van der Waals surface area contributed by atoms with Gasteiger partial charge < -0.3 is 10.1 Å². The van der Waals surface area contributed by atoms with Gasteiger partial charge in [0.1, 0.15) is 22.8 Å². The third-order valence-corrected chi connectivity index (χ3v) is 6.47. The van der Waals surface area contributed by atoms with Crippen LogP contribution < -0.4 is 14.4 Å². The monoisotopic (exact) mass is 502 g/mol. The van der Waals surface area contributed by atoms with Gasteiger partial charge in [0.25, 0.3) is 17.2 Å². The molecule has 5 rings (SSSR count). The Hall–Kier alpha value is -3.90. The summed E-state index contributed by atoms with van der Waals surface area (Å²) in [5.41, 5.74) is -0.950. The summed E-state index contributed by atoms with van der Waals surface area (Å²) in [5, 5.41) is 8.71. The van der Waals surface area contributed by atoms with Crippen molar-refractivity contribution in [3.05, 3.63) is 71.2 Å². The second kappa shape index (κ2) is 8.71. The summed E-state index contributed by atoms with van der Waals surface area (Å²) in [7, 11) is 1.39. The fraction of sp³-hybridized carbons (Fsp3) is 0.130. The Morgan fingerprint density at radius 2 is 1.97 bits per heavy atom. The van der Waals surface area contributed by atoms with Gasteiger partial charge in [-0.1, -0.05) is 12.1 Å². The number of H-pyrrole nitrogens is 1. The van der Waals surface area contributed by atoms with E-state index < -0.39 is 51.4 Å². The van der Waals surface area contributed by atoms with E-state index >= 15 is 8.78 Å². The molecule has 0 spiro atoms. The Morgan fingerprint density at radius 3 is 2.71 bits per heavy atom. The number of aromatic nitrogens is 2. The zero-order chi connectivity index (χ0) is 24.9. The van der Waals surface area contributed by atoms with Crippen LogP contribution in [0.25, 0.3) is 22.0 Å². The van der Waals surface area contributed by atoms with Gasteiger partial charge >= 0.3 is 0 Å². The highest BCUT2D eigenvalue weighted by Crippen LogP contribution is 2.40. The Balaban J connectivity index is 1.66. The first-order valence-corrected chi connectivity index (χ1v) is 11.4. The van der Waals surface area contributed by atoms with E-state index in [4.69, 9.17) is 4.74 Å². The summed E-state index contributed by atoms with van der Waals surface area (Å²) in [6.07, 6.45) is 0.670. The smallest absolute Gasteiger partial charge is 0.269 e. The third-order valence-electron chi connectivity index (χ3n) is 5.75. The van der Waals surface area contributed by atoms with E-state index in [9.17, 15) is 17.9 Å². The molecule has 0 saturated carbocycles. The Bertz CT molecular complexity index is 1520. The van der Waals surface area contributed by atoms with Crippen LogP contribution in [0.4, 0.5) is 24.5 Å². The molecule has 12 heteroatoms. The maximum atomic E-state index is 15.7. The van der Waals surface area contributed by atoms with E-state index in [2.05, 4.69) is 15.5 Å². The molecule has 0 bridgehead atoms. The van der Waals surface area contributed by atoms with Crippen LogP contribution in [0.15, 0.2) is 42.5 Å². The molecule has 8 nitrogen and oxygen atoms in total. The van der Waals surface area contributed by atoms with Gasteiger partial charge in [-0.05, 0) is 29.8 Å². The lowest BCUT2D eigenvalue weighted by atomic mass is 10.0. The molecule has 1 aliphatic rings.